The summed E-state index contributed by atoms with van der Waals surface area (Å²) >= 11 is 0. The van der Waals surface area contributed by atoms with Crippen molar-refractivity contribution in [3.63, 3.8) is 0 Å². The van der Waals surface area contributed by atoms with Crippen molar-refractivity contribution in [2.75, 3.05) is 0 Å². The molecule has 0 radical (unpaired) electrons. The van der Waals surface area contributed by atoms with Crippen LogP contribution in [0.25, 0.3) is 0 Å². The van der Waals surface area contributed by atoms with Crippen molar-refractivity contribution in [2.45, 2.75) is 45.7 Å². The minimum Gasteiger partial charge on any atom is -0.469 e. The van der Waals surface area contributed by atoms with E-state index < -0.39 is 0 Å². The van der Waals surface area contributed by atoms with Crippen molar-refractivity contribution in [3.05, 3.63) is 24.2 Å². The average molecular weight is 238 g/mol. The second-order valence-electron chi connectivity index (χ2n) is 4.81. The number of carbonyl (C=O) groups excluding carboxylic acids is 1. The van der Waals surface area contributed by atoms with Crippen LogP contribution in [-0.4, -0.2) is 18.0 Å². The van der Waals surface area contributed by atoms with Crippen LogP contribution in [0.2, 0.25) is 0 Å². The van der Waals surface area contributed by atoms with Gasteiger partial charge in [0.15, 0.2) is 0 Å². The largest absolute Gasteiger partial charge is 0.469 e. The fourth-order valence-electron chi connectivity index (χ4n) is 1.81. The lowest BCUT2D eigenvalue weighted by molar-refractivity contribution is -0.121. The third-order valence-electron chi connectivity index (χ3n) is 2.84. The maximum Gasteiger partial charge on any atom is 0.234 e. The molecule has 2 atom stereocenters. The molecule has 0 fully saturated rings. The summed E-state index contributed by atoms with van der Waals surface area (Å²) in [6.07, 6.45) is 3.46. The minimum absolute atomic E-state index is 0.207. The van der Waals surface area contributed by atoms with Crippen molar-refractivity contribution in [3.8, 4) is 0 Å². The summed E-state index contributed by atoms with van der Waals surface area (Å²) in [4.78, 5) is 11.3. The smallest absolute Gasteiger partial charge is 0.234 e. The number of nitrogens with one attached hydrogen (secondary N) is 1. The predicted octanol–water partition coefficient (Wildman–Crippen LogP) is 1.70. The lowest BCUT2D eigenvalue weighted by atomic mass is 10.0. The summed E-state index contributed by atoms with van der Waals surface area (Å²) in [7, 11) is 0. The van der Waals surface area contributed by atoms with Crippen LogP contribution in [0, 0.1) is 5.92 Å². The fraction of sp³-hybridized carbons (Fsp3) is 0.615. The SMILES string of the molecule is CC(CCc1ccco1)NC(C(N)=O)C(C)C. The van der Waals surface area contributed by atoms with Crippen LogP contribution in [0.5, 0.6) is 0 Å². The van der Waals surface area contributed by atoms with Gasteiger partial charge in [-0.15, -0.1) is 0 Å². The number of nitrogens with two attached hydrogens (primary N) is 1. The summed E-state index contributed by atoms with van der Waals surface area (Å²) in [5, 5.41) is 3.26. The molecular formula is C13H22N2O2. The highest BCUT2D eigenvalue weighted by molar-refractivity contribution is 5.80. The first-order valence-electron chi connectivity index (χ1n) is 6.08. The van der Waals surface area contributed by atoms with Crippen LogP contribution in [-0.2, 0) is 11.2 Å². The third-order valence-corrected chi connectivity index (χ3v) is 2.84. The summed E-state index contributed by atoms with van der Waals surface area (Å²) < 4.78 is 5.26. The Hall–Kier alpha value is -1.29. The van der Waals surface area contributed by atoms with E-state index in [4.69, 9.17) is 10.2 Å². The molecule has 3 N–H and O–H groups in total. The Bertz CT molecular complexity index is 333. The molecule has 1 aromatic heterocycles. The van der Waals surface area contributed by atoms with Gasteiger partial charge in [0.25, 0.3) is 0 Å². The number of hydrogen-bond acceptors (Lipinski definition) is 3. The van der Waals surface area contributed by atoms with Gasteiger partial charge < -0.3 is 15.5 Å². The Labute approximate surface area is 103 Å². The molecule has 0 saturated heterocycles. The Kier molecular flexibility index (Phi) is 5.22. The molecule has 1 amide bonds. The van der Waals surface area contributed by atoms with Crippen LogP contribution in [0.1, 0.15) is 33.0 Å². The van der Waals surface area contributed by atoms with Crippen molar-refractivity contribution in [2.24, 2.45) is 11.7 Å². The van der Waals surface area contributed by atoms with Gasteiger partial charge in [-0.05, 0) is 31.4 Å². The molecule has 0 aromatic carbocycles. The van der Waals surface area contributed by atoms with Gasteiger partial charge in [0.2, 0.25) is 5.91 Å². The van der Waals surface area contributed by atoms with Gasteiger partial charge in [0.05, 0.1) is 12.3 Å². The molecule has 1 rings (SSSR count). The van der Waals surface area contributed by atoms with Gasteiger partial charge in [0.1, 0.15) is 5.76 Å². The molecular weight excluding hydrogens is 216 g/mol. The van der Waals surface area contributed by atoms with Crippen molar-refractivity contribution in [1.82, 2.24) is 5.32 Å². The van der Waals surface area contributed by atoms with Crippen LogP contribution >= 0.6 is 0 Å². The maximum absolute atomic E-state index is 11.3. The van der Waals surface area contributed by atoms with Gasteiger partial charge in [-0.3, -0.25) is 4.79 Å². The highest BCUT2D eigenvalue weighted by Crippen LogP contribution is 2.08. The zero-order chi connectivity index (χ0) is 12.8. The molecule has 0 aliphatic carbocycles. The van der Waals surface area contributed by atoms with Gasteiger partial charge in [0, 0.05) is 12.5 Å². The number of hydrogen-bond donors (Lipinski definition) is 2. The first kappa shape index (κ1) is 13.8. The molecule has 17 heavy (non-hydrogen) atoms. The van der Waals surface area contributed by atoms with E-state index in [2.05, 4.69) is 12.2 Å². The molecule has 0 bridgehead atoms. The molecule has 0 spiro atoms. The summed E-state index contributed by atoms with van der Waals surface area (Å²) in [5.74, 6) is 0.891. The summed E-state index contributed by atoms with van der Waals surface area (Å²) in [5.41, 5.74) is 5.36. The zero-order valence-electron chi connectivity index (χ0n) is 10.8. The Morgan fingerprint density at radius 1 is 1.47 bits per heavy atom. The molecule has 1 heterocycles. The molecule has 2 unspecified atom stereocenters. The molecule has 4 heteroatoms. The molecule has 96 valence electrons. The van der Waals surface area contributed by atoms with E-state index in [9.17, 15) is 4.79 Å². The van der Waals surface area contributed by atoms with Gasteiger partial charge in [-0.1, -0.05) is 13.8 Å². The lowest BCUT2D eigenvalue weighted by Gasteiger charge is -2.23. The number of furan rings is 1. The normalized spacial score (nSPS) is 14.8. The summed E-state index contributed by atoms with van der Waals surface area (Å²) in [6, 6.07) is 3.82. The number of carbonyl (C=O) groups is 1. The maximum atomic E-state index is 11.3. The van der Waals surface area contributed by atoms with Crippen LogP contribution in [0.3, 0.4) is 0 Å². The van der Waals surface area contributed by atoms with E-state index in [1.165, 1.54) is 0 Å². The quantitative estimate of drug-likeness (QED) is 0.759. The van der Waals surface area contributed by atoms with Crippen LogP contribution < -0.4 is 11.1 Å². The first-order valence-corrected chi connectivity index (χ1v) is 6.08. The Morgan fingerprint density at radius 3 is 2.65 bits per heavy atom. The standard InChI is InChI=1S/C13H22N2O2/c1-9(2)12(13(14)16)15-10(3)6-7-11-5-4-8-17-11/h4-5,8-10,12,15H,6-7H2,1-3H3,(H2,14,16). The molecule has 0 aliphatic heterocycles. The second-order valence-corrected chi connectivity index (χ2v) is 4.81. The van der Waals surface area contributed by atoms with E-state index in [1.54, 1.807) is 6.26 Å². The first-order chi connectivity index (χ1) is 8.00. The van der Waals surface area contributed by atoms with Crippen molar-refractivity contribution in [1.29, 1.82) is 0 Å². The lowest BCUT2D eigenvalue weighted by Crippen LogP contribution is -2.48. The molecule has 0 aliphatic rings. The van der Waals surface area contributed by atoms with Crippen molar-refractivity contribution >= 4 is 5.91 Å². The Balaban J connectivity index is 2.37. The minimum atomic E-state index is -0.287. The number of primary amides is 1. The van der Waals surface area contributed by atoms with Crippen LogP contribution in [0.15, 0.2) is 22.8 Å². The highest BCUT2D eigenvalue weighted by atomic mass is 16.3. The number of rotatable bonds is 7. The number of amides is 1. The van der Waals surface area contributed by atoms with Gasteiger partial charge in [-0.25, -0.2) is 0 Å². The fourth-order valence-corrected chi connectivity index (χ4v) is 1.81. The third kappa shape index (κ3) is 4.61. The molecule has 1 aromatic rings. The van der Waals surface area contributed by atoms with E-state index in [0.717, 1.165) is 18.6 Å². The van der Waals surface area contributed by atoms with Crippen LogP contribution in [0.4, 0.5) is 0 Å². The van der Waals surface area contributed by atoms with Crippen molar-refractivity contribution < 1.29 is 9.21 Å². The van der Waals surface area contributed by atoms with Gasteiger partial charge in [-0.2, -0.15) is 0 Å². The average Bonchev–Trinajstić information content (AvgIpc) is 2.74. The molecule has 4 nitrogen and oxygen atoms in total. The predicted molar refractivity (Wildman–Crippen MR) is 67.4 cm³/mol. The van der Waals surface area contributed by atoms with E-state index in [1.807, 2.05) is 26.0 Å². The Morgan fingerprint density at radius 2 is 2.18 bits per heavy atom. The zero-order valence-corrected chi connectivity index (χ0v) is 10.8. The highest BCUT2D eigenvalue weighted by Gasteiger charge is 2.20. The number of aryl methyl sites for hydroxylation is 1. The van der Waals surface area contributed by atoms with Gasteiger partial charge >= 0.3 is 0 Å². The second kappa shape index (κ2) is 6.45. The van der Waals surface area contributed by atoms with E-state index in [0.29, 0.717) is 0 Å². The monoisotopic (exact) mass is 238 g/mol. The van der Waals surface area contributed by atoms with E-state index >= 15 is 0 Å². The molecule has 0 saturated carbocycles. The topological polar surface area (TPSA) is 68.3 Å². The summed E-state index contributed by atoms with van der Waals surface area (Å²) in [6.45, 7) is 6.03. The van der Waals surface area contributed by atoms with E-state index in [-0.39, 0.29) is 23.9 Å².